The number of nitrogens with zero attached hydrogens (tertiary/aromatic N) is 3. The molecule has 0 aromatic carbocycles. The van der Waals surface area contributed by atoms with Gasteiger partial charge in [-0.15, -0.1) is 0 Å². The lowest BCUT2D eigenvalue weighted by molar-refractivity contribution is 0.657. The third-order valence-electron chi connectivity index (χ3n) is 2.97. The number of rotatable bonds is 1. The summed E-state index contributed by atoms with van der Waals surface area (Å²) < 4.78 is 0. The Morgan fingerprint density at radius 2 is 1.88 bits per heavy atom. The Hall–Kier alpha value is -2.04. The number of nitrogens with one attached hydrogen (secondary N) is 1. The monoisotopic (exact) mass is 228 g/mol. The molecule has 0 unspecified atom stereocenters. The summed E-state index contributed by atoms with van der Waals surface area (Å²) in [6.07, 6.45) is 7.15. The summed E-state index contributed by atoms with van der Waals surface area (Å²) in [7, 11) is 0. The molecule has 2 aromatic heterocycles. The minimum atomic E-state index is -0.0443. The van der Waals surface area contributed by atoms with Crippen molar-refractivity contribution in [2.45, 2.75) is 25.7 Å². The fraction of sp³-hybridized carbons (Fsp3) is 0.333. The summed E-state index contributed by atoms with van der Waals surface area (Å²) in [5.41, 5.74) is 1.69. The predicted octanol–water partition coefficient (Wildman–Crippen LogP) is 1.11. The molecule has 0 radical (unpaired) electrons. The zero-order chi connectivity index (χ0) is 11.7. The molecular weight excluding hydrogens is 216 g/mol. The molecule has 3 rings (SSSR count). The number of aromatic amines is 1. The van der Waals surface area contributed by atoms with Crippen molar-refractivity contribution in [2.75, 3.05) is 0 Å². The number of H-pyrrole nitrogens is 1. The lowest BCUT2D eigenvalue weighted by Crippen LogP contribution is -2.22. The standard InChI is InChI=1S/C12H12N4O/c17-12-8-4-1-2-5-9(8)15-11(16-12)10-13-6-3-7-14-10/h3,6-7H,1-2,4-5H2,(H,15,16,17). The van der Waals surface area contributed by atoms with Gasteiger partial charge in [-0.05, 0) is 31.7 Å². The second-order valence-electron chi connectivity index (χ2n) is 4.12. The van der Waals surface area contributed by atoms with E-state index in [0.717, 1.165) is 36.9 Å². The van der Waals surface area contributed by atoms with Crippen LogP contribution in [0.15, 0.2) is 23.3 Å². The van der Waals surface area contributed by atoms with Gasteiger partial charge in [0.25, 0.3) is 5.56 Å². The van der Waals surface area contributed by atoms with E-state index in [2.05, 4.69) is 19.9 Å². The van der Waals surface area contributed by atoms with Crippen molar-refractivity contribution in [2.24, 2.45) is 0 Å². The van der Waals surface area contributed by atoms with Gasteiger partial charge in [0.15, 0.2) is 11.6 Å². The van der Waals surface area contributed by atoms with Crippen LogP contribution in [0.3, 0.4) is 0 Å². The van der Waals surface area contributed by atoms with Crippen molar-refractivity contribution >= 4 is 0 Å². The summed E-state index contributed by atoms with van der Waals surface area (Å²) in [6.45, 7) is 0. The topological polar surface area (TPSA) is 71.5 Å². The van der Waals surface area contributed by atoms with Gasteiger partial charge in [-0.2, -0.15) is 0 Å². The second-order valence-corrected chi connectivity index (χ2v) is 4.12. The first-order valence-electron chi connectivity index (χ1n) is 5.74. The van der Waals surface area contributed by atoms with E-state index in [1.54, 1.807) is 18.5 Å². The zero-order valence-corrected chi connectivity index (χ0v) is 9.31. The Bertz CT molecular complexity index is 591. The van der Waals surface area contributed by atoms with Crippen molar-refractivity contribution in [1.82, 2.24) is 19.9 Å². The fourth-order valence-corrected chi connectivity index (χ4v) is 2.13. The second kappa shape index (κ2) is 4.08. The van der Waals surface area contributed by atoms with Crippen molar-refractivity contribution in [3.8, 4) is 11.6 Å². The third kappa shape index (κ3) is 1.84. The van der Waals surface area contributed by atoms with Gasteiger partial charge < -0.3 is 4.98 Å². The van der Waals surface area contributed by atoms with Gasteiger partial charge >= 0.3 is 0 Å². The van der Waals surface area contributed by atoms with E-state index in [4.69, 9.17) is 0 Å². The molecule has 0 bridgehead atoms. The van der Waals surface area contributed by atoms with Crippen molar-refractivity contribution in [1.29, 1.82) is 0 Å². The van der Waals surface area contributed by atoms with E-state index in [9.17, 15) is 4.79 Å². The molecule has 86 valence electrons. The maximum absolute atomic E-state index is 11.9. The number of aromatic nitrogens is 4. The van der Waals surface area contributed by atoms with E-state index in [0.29, 0.717) is 11.6 Å². The van der Waals surface area contributed by atoms with Crippen LogP contribution in [0.2, 0.25) is 0 Å². The first-order chi connectivity index (χ1) is 8.34. The minimum absolute atomic E-state index is 0.0443. The van der Waals surface area contributed by atoms with Gasteiger partial charge in [0.2, 0.25) is 0 Å². The lowest BCUT2D eigenvalue weighted by atomic mass is 9.97. The van der Waals surface area contributed by atoms with Crippen molar-refractivity contribution in [3.05, 3.63) is 40.1 Å². The third-order valence-corrected chi connectivity index (χ3v) is 2.97. The molecular formula is C12H12N4O. The molecule has 2 aromatic rings. The lowest BCUT2D eigenvalue weighted by Gasteiger charge is -2.13. The molecule has 1 aliphatic carbocycles. The molecule has 1 aliphatic rings. The Labute approximate surface area is 98.0 Å². The van der Waals surface area contributed by atoms with E-state index >= 15 is 0 Å². The number of hydrogen-bond acceptors (Lipinski definition) is 4. The van der Waals surface area contributed by atoms with Crippen LogP contribution in [0.4, 0.5) is 0 Å². The Kier molecular flexibility index (Phi) is 2.44. The van der Waals surface area contributed by atoms with Crippen LogP contribution in [0.25, 0.3) is 11.6 Å². The summed E-state index contributed by atoms with van der Waals surface area (Å²) in [5.74, 6) is 0.939. The van der Waals surface area contributed by atoms with Crippen molar-refractivity contribution < 1.29 is 0 Å². The smallest absolute Gasteiger partial charge is 0.254 e. The summed E-state index contributed by atoms with van der Waals surface area (Å²) in [5, 5.41) is 0. The van der Waals surface area contributed by atoms with E-state index in [-0.39, 0.29) is 5.56 Å². The molecule has 1 N–H and O–H groups in total. The van der Waals surface area contributed by atoms with Crippen molar-refractivity contribution in [3.63, 3.8) is 0 Å². The Balaban J connectivity index is 2.14. The number of hydrogen-bond donors (Lipinski definition) is 1. The first-order valence-corrected chi connectivity index (χ1v) is 5.74. The molecule has 0 saturated carbocycles. The van der Waals surface area contributed by atoms with Crippen LogP contribution in [0.5, 0.6) is 0 Å². The largest absolute Gasteiger partial charge is 0.304 e. The molecule has 0 atom stereocenters. The molecule has 17 heavy (non-hydrogen) atoms. The van der Waals surface area contributed by atoms with Gasteiger partial charge in [-0.25, -0.2) is 15.0 Å². The highest BCUT2D eigenvalue weighted by Crippen LogP contribution is 2.17. The van der Waals surface area contributed by atoms with Gasteiger partial charge in [0.1, 0.15) is 0 Å². The predicted molar refractivity (Wildman–Crippen MR) is 62.5 cm³/mol. The average Bonchev–Trinajstić information content (AvgIpc) is 2.40. The average molecular weight is 228 g/mol. The quantitative estimate of drug-likeness (QED) is 0.793. The minimum Gasteiger partial charge on any atom is -0.304 e. The van der Waals surface area contributed by atoms with Crippen LogP contribution < -0.4 is 5.56 Å². The van der Waals surface area contributed by atoms with Gasteiger partial charge in [-0.3, -0.25) is 4.79 Å². The Morgan fingerprint density at radius 3 is 2.71 bits per heavy atom. The van der Waals surface area contributed by atoms with Crippen LogP contribution in [0, 0.1) is 0 Å². The van der Waals surface area contributed by atoms with E-state index in [1.807, 2.05) is 0 Å². The van der Waals surface area contributed by atoms with Crippen LogP contribution in [-0.2, 0) is 12.8 Å². The molecule has 5 nitrogen and oxygen atoms in total. The van der Waals surface area contributed by atoms with E-state index < -0.39 is 0 Å². The molecule has 0 fully saturated rings. The van der Waals surface area contributed by atoms with Gasteiger partial charge in [0, 0.05) is 18.0 Å². The zero-order valence-electron chi connectivity index (χ0n) is 9.31. The van der Waals surface area contributed by atoms with Crippen LogP contribution >= 0.6 is 0 Å². The molecule has 0 spiro atoms. The van der Waals surface area contributed by atoms with E-state index in [1.165, 1.54) is 0 Å². The molecule has 0 saturated heterocycles. The number of aryl methyl sites for hydroxylation is 1. The summed E-state index contributed by atoms with van der Waals surface area (Å²) in [6, 6.07) is 1.74. The highest BCUT2D eigenvalue weighted by molar-refractivity contribution is 5.43. The highest BCUT2D eigenvalue weighted by atomic mass is 16.1. The first kappa shape index (κ1) is 10.1. The summed E-state index contributed by atoms with van der Waals surface area (Å²) in [4.78, 5) is 27.3. The van der Waals surface area contributed by atoms with Gasteiger partial charge in [0.05, 0.1) is 5.69 Å². The summed E-state index contributed by atoms with van der Waals surface area (Å²) >= 11 is 0. The highest BCUT2D eigenvalue weighted by Gasteiger charge is 2.16. The molecule has 5 heteroatoms. The maximum Gasteiger partial charge on any atom is 0.254 e. The Morgan fingerprint density at radius 1 is 1.12 bits per heavy atom. The maximum atomic E-state index is 11.9. The van der Waals surface area contributed by atoms with Crippen LogP contribution in [-0.4, -0.2) is 19.9 Å². The molecule has 0 amide bonds. The fourth-order valence-electron chi connectivity index (χ4n) is 2.13. The SMILES string of the molecule is O=c1[nH]c(-c2ncccn2)nc2c1CCCC2. The normalized spacial score (nSPS) is 14.4. The number of fused-ring (bicyclic) bond motifs is 1. The molecule has 2 heterocycles. The van der Waals surface area contributed by atoms with Crippen LogP contribution in [0.1, 0.15) is 24.1 Å². The van der Waals surface area contributed by atoms with Gasteiger partial charge in [-0.1, -0.05) is 0 Å². The molecule has 0 aliphatic heterocycles.